The van der Waals surface area contributed by atoms with E-state index in [-0.39, 0.29) is 18.4 Å². The van der Waals surface area contributed by atoms with Gasteiger partial charge in [0.2, 0.25) is 11.8 Å². The first-order chi connectivity index (χ1) is 7.01. The fourth-order valence-electron chi connectivity index (χ4n) is 1.04. The van der Waals surface area contributed by atoms with Crippen LogP contribution in [0, 0.1) is 5.92 Å². The van der Waals surface area contributed by atoms with Crippen LogP contribution in [0.3, 0.4) is 0 Å². The van der Waals surface area contributed by atoms with E-state index in [1.807, 2.05) is 6.92 Å². The topological polar surface area (TPSA) is 118 Å². The molecule has 6 heteroatoms. The molecule has 0 fully saturated rings. The van der Waals surface area contributed by atoms with Crippen molar-refractivity contribution in [3.05, 3.63) is 0 Å². The molecule has 0 saturated heterocycles. The number of rotatable bonds is 7. The van der Waals surface area contributed by atoms with Crippen molar-refractivity contribution in [3.63, 3.8) is 0 Å². The number of nitrogens with one attached hydrogen (secondary N) is 1. The summed E-state index contributed by atoms with van der Waals surface area (Å²) in [6.07, 6.45) is -0.201. The average molecular weight is 217 g/mol. The van der Waals surface area contributed by atoms with Crippen LogP contribution < -0.4 is 16.8 Å². The molecule has 6 nitrogen and oxygen atoms in total. The van der Waals surface area contributed by atoms with Gasteiger partial charge in [0.15, 0.2) is 0 Å². The second kappa shape index (κ2) is 7.19. The summed E-state index contributed by atoms with van der Waals surface area (Å²) in [5, 5.41) is 11.4. The molecule has 0 aliphatic rings. The van der Waals surface area contributed by atoms with Crippen molar-refractivity contribution >= 4 is 11.8 Å². The highest BCUT2D eigenvalue weighted by atomic mass is 16.3. The molecule has 0 rings (SSSR count). The second-order valence-corrected chi connectivity index (χ2v) is 3.44. The Labute approximate surface area is 89.0 Å². The maximum atomic E-state index is 11.3. The first-order valence-corrected chi connectivity index (χ1v) is 4.95. The molecule has 2 unspecified atom stereocenters. The molecule has 0 aromatic rings. The molecule has 0 aromatic carbocycles. The lowest BCUT2D eigenvalue weighted by molar-refractivity contribution is -0.127. The molecule has 15 heavy (non-hydrogen) atoms. The van der Waals surface area contributed by atoms with Crippen LogP contribution in [0.2, 0.25) is 0 Å². The Morgan fingerprint density at radius 1 is 1.47 bits per heavy atom. The van der Waals surface area contributed by atoms with Crippen molar-refractivity contribution in [2.24, 2.45) is 17.4 Å². The minimum atomic E-state index is -1.33. The molecule has 6 N–H and O–H groups in total. The second-order valence-electron chi connectivity index (χ2n) is 3.44. The number of aliphatic hydroxyl groups is 1. The van der Waals surface area contributed by atoms with E-state index in [9.17, 15) is 9.59 Å². The third kappa shape index (κ3) is 6.03. The average Bonchev–Trinajstić information content (AvgIpc) is 2.22. The molecule has 2 amide bonds. The molecule has 88 valence electrons. The number of aliphatic hydroxyl groups excluding tert-OH is 1. The van der Waals surface area contributed by atoms with Gasteiger partial charge < -0.3 is 21.9 Å². The molecule has 0 spiro atoms. The summed E-state index contributed by atoms with van der Waals surface area (Å²) in [7, 11) is 0. The van der Waals surface area contributed by atoms with Crippen molar-refractivity contribution in [2.45, 2.75) is 25.9 Å². The summed E-state index contributed by atoms with van der Waals surface area (Å²) in [4.78, 5) is 21.7. The van der Waals surface area contributed by atoms with Crippen LogP contribution in [0.5, 0.6) is 0 Å². The van der Waals surface area contributed by atoms with Gasteiger partial charge in [-0.2, -0.15) is 0 Å². The number of hydrogen-bond acceptors (Lipinski definition) is 4. The van der Waals surface area contributed by atoms with Crippen LogP contribution in [0.15, 0.2) is 0 Å². The molecule has 0 radical (unpaired) electrons. The molecular weight excluding hydrogens is 198 g/mol. The molecular formula is C9H19N3O3. The van der Waals surface area contributed by atoms with Gasteiger partial charge in [-0.25, -0.2) is 0 Å². The standard InChI is InChI=1S/C9H19N3O3/c1-2-6(4-10)3-8(14)12-5-7(13)9(11)15/h6-7,13H,2-5,10H2,1H3,(H2,11,15)(H,12,14). The molecule has 0 bridgehead atoms. The Kier molecular flexibility index (Phi) is 6.64. The highest BCUT2D eigenvalue weighted by Gasteiger charge is 2.14. The summed E-state index contributed by atoms with van der Waals surface area (Å²) in [6, 6.07) is 0. The highest BCUT2D eigenvalue weighted by molar-refractivity contribution is 5.81. The van der Waals surface area contributed by atoms with E-state index in [1.54, 1.807) is 0 Å². The fraction of sp³-hybridized carbons (Fsp3) is 0.778. The van der Waals surface area contributed by atoms with Gasteiger partial charge in [-0.1, -0.05) is 13.3 Å². The monoisotopic (exact) mass is 217 g/mol. The normalized spacial score (nSPS) is 14.3. The SMILES string of the molecule is CCC(CN)CC(=O)NCC(O)C(N)=O. The number of hydrogen-bond donors (Lipinski definition) is 4. The number of amides is 2. The fourth-order valence-corrected chi connectivity index (χ4v) is 1.04. The van der Waals surface area contributed by atoms with E-state index in [1.165, 1.54) is 0 Å². The van der Waals surface area contributed by atoms with Crippen molar-refractivity contribution < 1.29 is 14.7 Å². The predicted octanol–water partition coefficient (Wildman–Crippen LogP) is -1.68. The zero-order valence-corrected chi connectivity index (χ0v) is 8.90. The van der Waals surface area contributed by atoms with E-state index in [4.69, 9.17) is 16.6 Å². The number of carbonyl (C=O) groups is 2. The highest BCUT2D eigenvalue weighted by Crippen LogP contribution is 2.04. The van der Waals surface area contributed by atoms with E-state index in [2.05, 4.69) is 5.32 Å². The Bertz CT molecular complexity index is 217. The first kappa shape index (κ1) is 13.9. The molecule has 2 atom stereocenters. The van der Waals surface area contributed by atoms with Gasteiger partial charge in [0, 0.05) is 6.42 Å². The van der Waals surface area contributed by atoms with E-state index in [0.717, 1.165) is 6.42 Å². The zero-order valence-electron chi connectivity index (χ0n) is 8.90. The molecule has 0 saturated carbocycles. The smallest absolute Gasteiger partial charge is 0.248 e. The van der Waals surface area contributed by atoms with Gasteiger partial charge >= 0.3 is 0 Å². The van der Waals surface area contributed by atoms with E-state index >= 15 is 0 Å². The molecule has 0 aliphatic heterocycles. The van der Waals surface area contributed by atoms with Crippen molar-refractivity contribution in [2.75, 3.05) is 13.1 Å². The van der Waals surface area contributed by atoms with Crippen LogP contribution >= 0.6 is 0 Å². The summed E-state index contributed by atoms with van der Waals surface area (Å²) in [6.45, 7) is 2.25. The molecule has 0 aromatic heterocycles. The Hall–Kier alpha value is -1.14. The molecule has 0 heterocycles. The predicted molar refractivity (Wildman–Crippen MR) is 55.7 cm³/mol. The molecule has 0 aliphatic carbocycles. The van der Waals surface area contributed by atoms with Gasteiger partial charge in [-0.05, 0) is 12.5 Å². The van der Waals surface area contributed by atoms with Gasteiger partial charge in [0.1, 0.15) is 6.10 Å². The van der Waals surface area contributed by atoms with E-state index < -0.39 is 12.0 Å². The third-order valence-corrected chi connectivity index (χ3v) is 2.21. The number of carbonyl (C=O) groups excluding carboxylic acids is 2. The van der Waals surface area contributed by atoms with Crippen molar-refractivity contribution in [1.29, 1.82) is 0 Å². The van der Waals surface area contributed by atoms with Crippen LogP contribution in [-0.2, 0) is 9.59 Å². The summed E-state index contributed by atoms with van der Waals surface area (Å²) in [5.41, 5.74) is 10.2. The maximum absolute atomic E-state index is 11.3. The van der Waals surface area contributed by atoms with Crippen LogP contribution in [-0.4, -0.2) is 36.1 Å². The Morgan fingerprint density at radius 3 is 2.47 bits per heavy atom. The van der Waals surface area contributed by atoms with Crippen molar-refractivity contribution in [3.8, 4) is 0 Å². The zero-order chi connectivity index (χ0) is 11.8. The van der Waals surface area contributed by atoms with Gasteiger partial charge in [0.05, 0.1) is 6.54 Å². The third-order valence-electron chi connectivity index (χ3n) is 2.21. The number of primary amides is 1. The summed E-state index contributed by atoms with van der Waals surface area (Å²) in [5.74, 6) is -0.940. The maximum Gasteiger partial charge on any atom is 0.248 e. The summed E-state index contributed by atoms with van der Waals surface area (Å²) < 4.78 is 0. The lowest BCUT2D eigenvalue weighted by atomic mass is 10.0. The Balaban J connectivity index is 3.79. The number of nitrogens with two attached hydrogens (primary N) is 2. The van der Waals surface area contributed by atoms with Gasteiger partial charge in [-0.3, -0.25) is 9.59 Å². The van der Waals surface area contributed by atoms with Crippen molar-refractivity contribution in [1.82, 2.24) is 5.32 Å². The minimum absolute atomic E-state index is 0.135. The Morgan fingerprint density at radius 2 is 2.07 bits per heavy atom. The van der Waals surface area contributed by atoms with Crippen LogP contribution in [0.25, 0.3) is 0 Å². The quantitative estimate of drug-likeness (QED) is 0.407. The lowest BCUT2D eigenvalue weighted by Crippen LogP contribution is -2.40. The largest absolute Gasteiger partial charge is 0.381 e. The minimum Gasteiger partial charge on any atom is -0.381 e. The van der Waals surface area contributed by atoms with Gasteiger partial charge in [-0.15, -0.1) is 0 Å². The lowest BCUT2D eigenvalue weighted by Gasteiger charge is -2.13. The van der Waals surface area contributed by atoms with Crippen LogP contribution in [0.4, 0.5) is 0 Å². The van der Waals surface area contributed by atoms with Gasteiger partial charge in [0.25, 0.3) is 0 Å². The van der Waals surface area contributed by atoms with Crippen LogP contribution in [0.1, 0.15) is 19.8 Å². The van der Waals surface area contributed by atoms with E-state index in [0.29, 0.717) is 13.0 Å². The first-order valence-electron chi connectivity index (χ1n) is 4.95. The summed E-state index contributed by atoms with van der Waals surface area (Å²) >= 11 is 0.